The van der Waals surface area contributed by atoms with Crippen LogP contribution in [0.4, 0.5) is 5.82 Å². The molecule has 0 aliphatic heterocycles. The van der Waals surface area contributed by atoms with E-state index in [0.29, 0.717) is 12.4 Å². The largest absolute Gasteiger partial charge is 0.396 e. The van der Waals surface area contributed by atoms with Gasteiger partial charge in [0.05, 0.1) is 6.61 Å². The van der Waals surface area contributed by atoms with Gasteiger partial charge in [-0.25, -0.2) is 0 Å². The zero-order valence-corrected chi connectivity index (χ0v) is 12.9. The lowest BCUT2D eigenvalue weighted by Crippen LogP contribution is -2.40. The molecule has 2 amide bonds. The van der Waals surface area contributed by atoms with E-state index in [1.165, 1.54) is 0 Å². The monoisotopic (exact) mass is 294 g/mol. The van der Waals surface area contributed by atoms with Gasteiger partial charge >= 0.3 is 11.8 Å². The van der Waals surface area contributed by atoms with Crippen LogP contribution in [0.5, 0.6) is 0 Å². The number of nitrogens with one attached hydrogen (secondary N) is 2. The third-order valence-electron chi connectivity index (χ3n) is 4.54. The number of amides is 2. The quantitative estimate of drug-likeness (QED) is 0.691. The van der Waals surface area contributed by atoms with E-state index in [-0.39, 0.29) is 17.4 Å². The molecule has 1 fully saturated rings. The minimum atomic E-state index is -0.750. The number of nitrogens with zero attached hydrogens (tertiary/aromatic N) is 2. The van der Waals surface area contributed by atoms with Crippen LogP contribution in [0.15, 0.2) is 6.07 Å². The number of aliphatic hydroxyl groups is 1. The van der Waals surface area contributed by atoms with Gasteiger partial charge in [0, 0.05) is 30.8 Å². The third-order valence-corrected chi connectivity index (χ3v) is 4.54. The summed E-state index contributed by atoms with van der Waals surface area (Å²) in [6, 6.07) is 1.68. The van der Waals surface area contributed by atoms with Gasteiger partial charge in [0.1, 0.15) is 0 Å². The molecule has 1 aliphatic rings. The highest BCUT2D eigenvalue weighted by atomic mass is 16.3. The van der Waals surface area contributed by atoms with Crippen LogP contribution in [0.1, 0.15) is 26.0 Å². The summed E-state index contributed by atoms with van der Waals surface area (Å²) >= 11 is 0. The van der Waals surface area contributed by atoms with Gasteiger partial charge in [-0.1, -0.05) is 13.8 Å². The Morgan fingerprint density at radius 3 is 2.48 bits per heavy atom. The number of carbonyl (C=O) groups is 2. The highest BCUT2D eigenvalue weighted by Gasteiger charge is 2.60. The van der Waals surface area contributed by atoms with Crippen molar-refractivity contribution in [3.8, 4) is 0 Å². The molecule has 2 rings (SSSR count). The molecule has 1 aromatic rings. The van der Waals surface area contributed by atoms with Crippen LogP contribution in [-0.2, 0) is 16.6 Å². The first-order valence-corrected chi connectivity index (χ1v) is 6.91. The van der Waals surface area contributed by atoms with Gasteiger partial charge in [-0.3, -0.25) is 14.3 Å². The SMILES string of the molecule is Cc1cc(NC(=O)C(=O)NCC2(CO)CC2(C)C)nn1C. The zero-order chi connectivity index (χ0) is 15.8. The van der Waals surface area contributed by atoms with Gasteiger partial charge in [-0.15, -0.1) is 0 Å². The Kier molecular flexibility index (Phi) is 3.79. The van der Waals surface area contributed by atoms with Crippen molar-refractivity contribution in [1.82, 2.24) is 15.1 Å². The van der Waals surface area contributed by atoms with Gasteiger partial charge < -0.3 is 15.7 Å². The number of rotatable bonds is 4. The van der Waals surface area contributed by atoms with Crippen molar-refractivity contribution in [3.05, 3.63) is 11.8 Å². The fraction of sp³-hybridized carbons (Fsp3) is 0.643. The first kappa shape index (κ1) is 15.5. The van der Waals surface area contributed by atoms with E-state index in [1.807, 2.05) is 20.8 Å². The molecule has 1 aliphatic carbocycles. The number of hydrogen-bond donors (Lipinski definition) is 3. The normalized spacial score (nSPS) is 22.7. The van der Waals surface area contributed by atoms with Crippen molar-refractivity contribution in [2.75, 3.05) is 18.5 Å². The lowest BCUT2D eigenvalue weighted by Gasteiger charge is -2.18. The third kappa shape index (κ3) is 2.92. The summed E-state index contributed by atoms with van der Waals surface area (Å²) in [5.41, 5.74) is 0.554. The molecule has 0 aromatic carbocycles. The number of aliphatic hydroxyl groups excluding tert-OH is 1. The second-order valence-electron chi connectivity index (χ2n) is 6.43. The molecular formula is C14H22N4O3. The van der Waals surface area contributed by atoms with Crippen LogP contribution >= 0.6 is 0 Å². The van der Waals surface area contributed by atoms with Crippen molar-refractivity contribution in [3.63, 3.8) is 0 Å². The summed E-state index contributed by atoms with van der Waals surface area (Å²) in [6.45, 7) is 6.21. The molecule has 1 saturated carbocycles. The summed E-state index contributed by atoms with van der Waals surface area (Å²) in [5.74, 6) is -1.12. The molecule has 1 aromatic heterocycles. The lowest BCUT2D eigenvalue weighted by molar-refractivity contribution is -0.136. The van der Waals surface area contributed by atoms with Gasteiger partial charge in [0.25, 0.3) is 0 Å². The van der Waals surface area contributed by atoms with Crippen LogP contribution < -0.4 is 10.6 Å². The highest BCUT2D eigenvalue weighted by Crippen LogP contribution is 2.62. The maximum absolute atomic E-state index is 11.8. The van der Waals surface area contributed by atoms with Crippen LogP contribution in [0.3, 0.4) is 0 Å². The van der Waals surface area contributed by atoms with E-state index in [4.69, 9.17) is 0 Å². The Morgan fingerprint density at radius 2 is 2.05 bits per heavy atom. The molecule has 1 unspecified atom stereocenters. The second kappa shape index (κ2) is 5.14. The zero-order valence-electron chi connectivity index (χ0n) is 12.9. The predicted octanol–water partition coefficient (Wildman–Crippen LogP) is 0.192. The fourth-order valence-corrected chi connectivity index (χ4v) is 2.55. The molecule has 116 valence electrons. The Hall–Kier alpha value is -1.89. The molecule has 0 bridgehead atoms. The minimum absolute atomic E-state index is 0.00132. The Morgan fingerprint density at radius 1 is 1.43 bits per heavy atom. The lowest BCUT2D eigenvalue weighted by atomic mass is 9.97. The average Bonchev–Trinajstić information content (AvgIpc) is 2.82. The fourth-order valence-electron chi connectivity index (χ4n) is 2.55. The minimum Gasteiger partial charge on any atom is -0.396 e. The first-order valence-electron chi connectivity index (χ1n) is 6.91. The number of carbonyl (C=O) groups excluding carboxylic acids is 2. The van der Waals surface area contributed by atoms with Gasteiger partial charge in [0.15, 0.2) is 5.82 Å². The Balaban J connectivity index is 1.87. The van der Waals surface area contributed by atoms with Gasteiger partial charge in [-0.05, 0) is 18.8 Å². The summed E-state index contributed by atoms with van der Waals surface area (Å²) in [5, 5.41) is 18.5. The van der Waals surface area contributed by atoms with E-state index < -0.39 is 11.8 Å². The molecule has 1 atom stereocenters. The topological polar surface area (TPSA) is 96.2 Å². The number of hydrogen-bond acceptors (Lipinski definition) is 4. The molecule has 0 radical (unpaired) electrons. The van der Waals surface area contributed by atoms with Crippen LogP contribution in [0.2, 0.25) is 0 Å². The van der Waals surface area contributed by atoms with E-state index in [9.17, 15) is 14.7 Å². The maximum atomic E-state index is 11.8. The van der Waals surface area contributed by atoms with Crippen molar-refractivity contribution < 1.29 is 14.7 Å². The van der Waals surface area contributed by atoms with E-state index in [0.717, 1.165) is 12.1 Å². The molecule has 1 heterocycles. The van der Waals surface area contributed by atoms with Crippen LogP contribution in [0, 0.1) is 17.8 Å². The standard InChI is InChI=1S/C14H22N4O3/c1-9-5-10(17-18(9)4)16-12(21)11(20)15-7-14(8-19)6-13(14,2)3/h5,19H,6-8H2,1-4H3,(H,15,20)(H,16,17,21). The van der Waals surface area contributed by atoms with E-state index in [2.05, 4.69) is 15.7 Å². The van der Waals surface area contributed by atoms with Crippen molar-refractivity contribution in [1.29, 1.82) is 0 Å². The first-order chi connectivity index (χ1) is 9.71. The molecule has 0 saturated heterocycles. The molecule has 7 nitrogen and oxygen atoms in total. The number of aryl methyl sites for hydroxylation is 2. The Bertz CT molecular complexity index is 559. The molecular weight excluding hydrogens is 272 g/mol. The maximum Gasteiger partial charge on any atom is 0.314 e. The molecule has 0 spiro atoms. The molecule has 3 N–H and O–H groups in total. The second-order valence-corrected chi connectivity index (χ2v) is 6.43. The number of anilines is 1. The van der Waals surface area contributed by atoms with E-state index >= 15 is 0 Å². The smallest absolute Gasteiger partial charge is 0.314 e. The molecule has 7 heteroatoms. The Labute approximate surface area is 123 Å². The molecule has 21 heavy (non-hydrogen) atoms. The highest BCUT2D eigenvalue weighted by molar-refractivity contribution is 6.39. The average molecular weight is 294 g/mol. The van der Waals surface area contributed by atoms with Crippen molar-refractivity contribution >= 4 is 17.6 Å². The van der Waals surface area contributed by atoms with Crippen molar-refractivity contribution in [2.24, 2.45) is 17.9 Å². The number of aromatic nitrogens is 2. The summed E-state index contributed by atoms with van der Waals surface area (Å²) in [6.07, 6.45) is 0.831. The van der Waals surface area contributed by atoms with Crippen LogP contribution in [-0.4, -0.2) is 39.9 Å². The van der Waals surface area contributed by atoms with E-state index in [1.54, 1.807) is 17.8 Å². The summed E-state index contributed by atoms with van der Waals surface area (Å²) in [7, 11) is 1.76. The summed E-state index contributed by atoms with van der Waals surface area (Å²) in [4.78, 5) is 23.6. The van der Waals surface area contributed by atoms with Crippen molar-refractivity contribution in [2.45, 2.75) is 27.2 Å². The van der Waals surface area contributed by atoms with Gasteiger partial charge in [-0.2, -0.15) is 5.10 Å². The van der Waals surface area contributed by atoms with Gasteiger partial charge in [0.2, 0.25) is 0 Å². The summed E-state index contributed by atoms with van der Waals surface area (Å²) < 4.78 is 1.61. The predicted molar refractivity (Wildman–Crippen MR) is 77.5 cm³/mol. The van der Waals surface area contributed by atoms with Crippen LogP contribution in [0.25, 0.3) is 0 Å².